The maximum Gasteiger partial charge on any atom is 0.161 e. The van der Waals surface area contributed by atoms with Crippen LogP contribution in [0, 0.1) is 0 Å². The van der Waals surface area contributed by atoms with Gasteiger partial charge >= 0.3 is 0 Å². The average molecular weight is 424 g/mol. The molecule has 4 aromatic rings. The lowest BCUT2D eigenvalue weighted by molar-refractivity contribution is -0.0433. The van der Waals surface area contributed by atoms with Crippen molar-refractivity contribution in [3.8, 4) is 11.5 Å². The number of anilines is 1. The maximum absolute atomic E-state index is 10.2. The highest BCUT2D eigenvalue weighted by atomic mass is 16.5. The van der Waals surface area contributed by atoms with Gasteiger partial charge < -0.3 is 19.9 Å². The Morgan fingerprint density at radius 1 is 0.844 bits per heavy atom. The van der Waals surface area contributed by atoms with Gasteiger partial charge in [-0.05, 0) is 36.2 Å². The van der Waals surface area contributed by atoms with Gasteiger partial charge in [0, 0.05) is 16.8 Å². The summed E-state index contributed by atoms with van der Waals surface area (Å²) in [6.07, 6.45) is -0.454. The summed E-state index contributed by atoms with van der Waals surface area (Å²) in [5.41, 5.74) is 4.22. The van der Waals surface area contributed by atoms with Crippen molar-refractivity contribution < 1.29 is 14.6 Å². The Bertz CT molecular complexity index is 1170. The first-order valence-corrected chi connectivity index (χ1v) is 10.8. The van der Waals surface area contributed by atoms with Crippen LogP contribution in [-0.2, 0) is 10.3 Å². The number of benzene rings is 4. The van der Waals surface area contributed by atoms with Crippen molar-refractivity contribution in [3.05, 3.63) is 125 Å². The van der Waals surface area contributed by atoms with Crippen LogP contribution in [-0.4, -0.2) is 11.7 Å². The van der Waals surface area contributed by atoms with E-state index in [4.69, 9.17) is 9.47 Å². The number of hydrogen-bond donors (Lipinski definition) is 2. The first-order chi connectivity index (χ1) is 15.7. The number of nitrogens with one attached hydrogen (secondary N) is 1. The molecule has 0 spiro atoms. The second-order valence-corrected chi connectivity index (χ2v) is 7.76. The maximum atomic E-state index is 10.2. The van der Waals surface area contributed by atoms with Crippen molar-refractivity contribution in [2.75, 3.05) is 11.9 Å². The highest BCUT2D eigenvalue weighted by molar-refractivity contribution is 5.64. The van der Waals surface area contributed by atoms with Crippen molar-refractivity contribution in [1.29, 1.82) is 0 Å². The smallest absolute Gasteiger partial charge is 0.161 e. The molecule has 1 aliphatic rings. The molecule has 4 heteroatoms. The summed E-state index contributed by atoms with van der Waals surface area (Å²) in [5, 5.41) is 13.7. The van der Waals surface area contributed by atoms with E-state index < -0.39 is 11.8 Å². The number of rotatable bonds is 5. The molecule has 0 saturated heterocycles. The lowest BCUT2D eigenvalue weighted by atomic mass is 9.78. The zero-order valence-corrected chi connectivity index (χ0v) is 17.9. The van der Waals surface area contributed by atoms with Crippen LogP contribution in [0.2, 0.25) is 0 Å². The standard InChI is InChI=1S/C28H25NO3/c1-2-31-26-19-20(17-18-25(26)30)27-29-24-16-10-9-15-23(24)28(32-27,21-11-5-3-6-12-21)22-13-7-4-8-14-22/h3-19,27,29-30H,2H2,1H3/t27-/m1/s1. The van der Waals surface area contributed by atoms with Gasteiger partial charge in [0.15, 0.2) is 17.7 Å². The Labute approximate surface area is 188 Å². The van der Waals surface area contributed by atoms with E-state index in [2.05, 4.69) is 41.7 Å². The quantitative estimate of drug-likeness (QED) is 0.400. The van der Waals surface area contributed by atoms with Crippen LogP contribution in [0.4, 0.5) is 5.69 Å². The Hall–Kier alpha value is -3.76. The molecular formula is C28H25NO3. The summed E-state index contributed by atoms with van der Waals surface area (Å²) >= 11 is 0. The lowest BCUT2D eigenvalue weighted by Gasteiger charge is -2.44. The Kier molecular flexibility index (Phi) is 5.29. The highest BCUT2D eigenvalue weighted by Crippen LogP contribution is 2.50. The van der Waals surface area contributed by atoms with Crippen molar-refractivity contribution >= 4 is 5.69 Å². The third kappa shape index (κ3) is 3.39. The topological polar surface area (TPSA) is 50.7 Å². The number of phenolic OH excluding ortho intramolecular Hbond substituents is 1. The zero-order chi connectivity index (χ0) is 22.0. The Morgan fingerprint density at radius 2 is 1.47 bits per heavy atom. The molecule has 1 heterocycles. The Morgan fingerprint density at radius 3 is 2.12 bits per heavy atom. The molecule has 32 heavy (non-hydrogen) atoms. The molecule has 0 fully saturated rings. The molecule has 0 unspecified atom stereocenters. The molecule has 0 saturated carbocycles. The van der Waals surface area contributed by atoms with Crippen LogP contribution in [0.15, 0.2) is 103 Å². The van der Waals surface area contributed by atoms with Crippen molar-refractivity contribution in [3.63, 3.8) is 0 Å². The van der Waals surface area contributed by atoms with E-state index in [1.807, 2.05) is 67.6 Å². The van der Waals surface area contributed by atoms with Crippen molar-refractivity contribution in [2.45, 2.75) is 18.8 Å². The van der Waals surface area contributed by atoms with Crippen LogP contribution in [0.3, 0.4) is 0 Å². The first-order valence-electron chi connectivity index (χ1n) is 10.8. The lowest BCUT2D eigenvalue weighted by Crippen LogP contribution is -2.40. The molecule has 5 rings (SSSR count). The van der Waals surface area contributed by atoms with Crippen LogP contribution in [0.5, 0.6) is 11.5 Å². The third-order valence-electron chi connectivity index (χ3n) is 5.83. The van der Waals surface area contributed by atoms with Crippen LogP contribution in [0.1, 0.15) is 35.4 Å². The zero-order valence-electron chi connectivity index (χ0n) is 17.9. The molecule has 2 N–H and O–H groups in total. The van der Waals surface area contributed by atoms with E-state index in [1.165, 1.54) is 0 Å². The summed E-state index contributed by atoms with van der Waals surface area (Å²) in [5.74, 6) is 0.559. The van der Waals surface area contributed by atoms with Crippen molar-refractivity contribution in [1.82, 2.24) is 0 Å². The molecule has 0 aromatic heterocycles. The molecule has 0 radical (unpaired) electrons. The number of hydrogen-bond acceptors (Lipinski definition) is 4. The number of ether oxygens (including phenoxy) is 2. The van der Waals surface area contributed by atoms with Gasteiger partial charge in [-0.2, -0.15) is 0 Å². The van der Waals surface area contributed by atoms with E-state index in [1.54, 1.807) is 6.07 Å². The molecule has 0 amide bonds. The normalized spacial score (nSPS) is 16.6. The minimum Gasteiger partial charge on any atom is -0.504 e. The predicted octanol–water partition coefficient (Wildman–Crippen LogP) is 6.22. The Balaban J connectivity index is 1.72. The summed E-state index contributed by atoms with van der Waals surface area (Å²) in [7, 11) is 0. The van der Waals surface area contributed by atoms with Crippen molar-refractivity contribution in [2.24, 2.45) is 0 Å². The van der Waals surface area contributed by atoms with Gasteiger partial charge in [0.05, 0.1) is 6.61 Å². The van der Waals surface area contributed by atoms with Gasteiger partial charge in [-0.1, -0.05) is 84.9 Å². The highest BCUT2D eigenvalue weighted by Gasteiger charge is 2.45. The number of aromatic hydroxyl groups is 1. The summed E-state index contributed by atoms with van der Waals surface area (Å²) < 4.78 is 12.6. The average Bonchev–Trinajstić information content (AvgIpc) is 2.86. The van der Waals surface area contributed by atoms with E-state index in [0.717, 1.165) is 27.9 Å². The van der Waals surface area contributed by atoms with Gasteiger partial charge in [-0.3, -0.25) is 0 Å². The number of phenols is 1. The molecule has 1 aliphatic heterocycles. The van der Waals surface area contributed by atoms with Crippen LogP contribution >= 0.6 is 0 Å². The fourth-order valence-corrected chi connectivity index (χ4v) is 4.40. The second kappa shape index (κ2) is 8.40. The molecule has 4 aromatic carbocycles. The SMILES string of the molecule is CCOc1cc([C@@H]2Nc3ccccc3C(c3ccccc3)(c3ccccc3)O2)ccc1O. The molecular weight excluding hydrogens is 398 g/mol. The van der Waals surface area contributed by atoms with E-state index in [9.17, 15) is 5.11 Å². The van der Waals surface area contributed by atoms with E-state index >= 15 is 0 Å². The van der Waals surface area contributed by atoms with Gasteiger partial charge in [0.2, 0.25) is 0 Å². The van der Waals surface area contributed by atoms with E-state index in [-0.39, 0.29) is 5.75 Å². The van der Waals surface area contributed by atoms with Crippen LogP contribution < -0.4 is 10.1 Å². The van der Waals surface area contributed by atoms with Gasteiger partial charge in [-0.15, -0.1) is 0 Å². The minimum atomic E-state index is -0.807. The molecule has 0 bridgehead atoms. The largest absolute Gasteiger partial charge is 0.504 e. The van der Waals surface area contributed by atoms with E-state index in [0.29, 0.717) is 12.4 Å². The molecule has 160 valence electrons. The van der Waals surface area contributed by atoms with Gasteiger partial charge in [-0.25, -0.2) is 0 Å². The fourth-order valence-electron chi connectivity index (χ4n) is 4.40. The summed E-state index contributed by atoms with van der Waals surface area (Å²) in [4.78, 5) is 0. The van der Waals surface area contributed by atoms with Crippen LogP contribution in [0.25, 0.3) is 0 Å². The third-order valence-corrected chi connectivity index (χ3v) is 5.83. The molecule has 0 aliphatic carbocycles. The second-order valence-electron chi connectivity index (χ2n) is 7.76. The number of fused-ring (bicyclic) bond motifs is 1. The minimum absolute atomic E-state index is 0.115. The van der Waals surface area contributed by atoms with Gasteiger partial charge in [0.1, 0.15) is 5.60 Å². The summed E-state index contributed by atoms with van der Waals surface area (Å²) in [6, 6.07) is 34.2. The first kappa shape index (κ1) is 20.2. The fraction of sp³-hybridized carbons (Fsp3) is 0.143. The number of para-hydroxylation sites is 1. The monoisotopic (exact) mass is 423 g/mol. The van der Waals surface area contributed by atoms with Gasteiger partial charge in [0.25, 0.3) is 0 Å². The predicted molar refractivity (Wildman–Crippen MR) is 126 cm³/mol. The summed E-state index contributed by atoms with van der Waals surface area (Å²) in [6.45, 7) is 2.37. The molecule has 1 atom stereocenters. The molecule has 4 nitrogen and oxygen atoms in total.